The zero-order chi connectivity index (χ0) is 17.5. The van der Waals surface area contributed by atoms with Crippen LogP contribution in [0.15, 0.2) is 0 Å². The molecule has 128 valence electrons. The molecular formula is C19H35NOS. The molecule has 2 nitrogen and oxygen atoms in total. The molecular weight excluding hydrogens is 290 g/mol. The molecule has 1 amide bonds. The van der Waals surface area contributed by atoms with Crippen LogP contribution < -0.4 is 0 Å². The van der Waals surface area contributed by atoms with Crippen molar-refractivity contribution in [2.45, 2.75) is 74.7 Å². The standard InChI is InChI=1S/C13H17NOS.3C2H6/c1-13(2)6-9-8-4-5-14(3)12(15)11(8)16-10(9)7-13;3*1-2/h4-7H2,1-3H3;3*1-2H3. The van der Waals surface area contributed by atoms with Gasteiger partial charge in [-0.1, -0.05) is 55.4 Å². The minimum atomic E-state index is 0.235. The molecule has 1 aromatic rings. The van der Waals surface area contributed by atoms with Crippen molar-refractivity contribution in [2.24, 2.45) is 5.41 Å². The van der Waals surface area contributed by atoms with Gasteiger partial charge in [-0.25, -0.2) is 0 Å². The van der Waals surface area contributed by atoms with Crippen LogP contribution >= 0.6 is 11.3 Å². The van der Waals surface area contributed by atoms with Crippen molar-refractivity contribution < 1.29 is 4.79 Å². The third kappa shape index (κ3) is 4.34. The summed E-state index contributed by atoms with van der Waals surface area (Å²) in [6, 6.07) is 0. The lowest BCUT2D eigenvalue weighted by molar-refractivity contribution is 0.0786. The van der Waals surface area contributed by atoms with E-state index in [1.54, 1.807) is 11.3 Å². The Labute approximate surface area is 141 Å². The normalized spacial score (nSPS) is 17.0. The summed E-state index contributed by atoms with van der Waals surface area (Å²) in [5.74, 6) is 0.235. The first-order valence-electron chi connectivity index (χ1n) is 8.87. The fourth-order valence-electron chi connectivity index (χ4n) is 2.87. The maximum Gasteiger partial charge on any atom is 0.263 e. The van der Waals surface area contributed by atoms with Gasteiger partial charge in [-0.15, -0.1) is 11.3 Å². The summed E-state index contributed by atoms with van der Waals surface area (Å²) < 4.78 is 0. The van der Waals surface area contributed by atoms with Gasteiger partial charge in [0.15, 0.2) is 0 Å². The highest BCUT2D eigenvalue weighted by Crippen LogP contribution is 2.44. The van der Waals surface area contributed by atoms with Crippen LogP contribution in [0.4, 0.5) is 0 Å². The smallest absolute Gasteiger partial charge is 0.263 e. The number of carbonyl (C=O) groups is 1. The molecule has 22 heavy (non-hydrogen) atoms. The van der Waals surface area contributed by atoms with Crippen molar-refractivity contribution in [3.63, 3.8) is 0 Å². The molecule has 1 aliphatic heterocycles. The summed E-state index contributed by atoms with van der Waals surface area (Å²) in [4.78, 5) is 16.4. The van der Waals surface area contributed by atoms with E-state index >= 15 is 0 Å². The monoisotopic (exact) mass is 325 g/mol. The quantitative estimate of drug-likeness (QED) is 0.610. The van der Waals surface area contributed by atoms with Gasteiger partial charge >= 0.3 is 0 Å². The van der Waals surface area contributed by atoms with Gasteiger partial charge in [-0.05, 0) is 35.8 Å². The van der Waals surface area contributed by atoms with Gasteiger partial charge in [0.1, 0.15) is 0 Å². The molecule has 0 bridgehead atoms. The average Bonchev–Trinajstić information content (AvgIpc) is 3.01. The minimum Gasteiger partial charge on any atom is -0.341 e. The number of amides is 1. The summed E-state index contributed by atoms with van der Waals surface area (Å²) in [5.41, 5.74) is 3.28. The van der Waals surface area contributed by atoms with Crippen LogP contribution in [-0.2, 0) is 19.3 Å². The SMILES string of the molecule is CC.CC.CC.CN1CCc2c(sc3c2CC(C)(C)C3)C1=O. The summed E-state index contributed by atoms with van der Waals surface area (Å²) in [6.07, 6.45) is 3.36. The molecule has 0 N–H and O–H groups in total. The molecule has 0 fully saturated rings. The van der Waals surface area contributed by atoms with Crippen molar-refractivity contribution >= 4 is 17.2 Å². The molecule has 3 rings (SSSR count). The molecule has 0 aromatic carbocycles. The summed E-state index contributed by atoms with van der Waals surface area (Å²) in [7, 11) is 1.90. The van der Waals surface area contributed by atoms with Crippen LogP contribution in [0.25, 0.3) is 0 Å². The number of fused-ring (bicyclic) bond motifs is 3. The molecule has 1 aromatic heterocycles. The second kappa shape index (κ2) is 9.34. The molecule has 2 aliphatic rings. The van der Waals surface area contributed by atoms with Crippen LogP contribution in [0.5, 0.6) is 0 Å². The highest BCUT2D eigenvalue weighted by atomic mass is 32.1. The van der Waals surface area contributed by atoms with E-state index in [4.69, 9.17) is 0 Å². The Morgan fingerprint density at radius 2 is 1.50 bits per heavy atom. The Morgan fingerprint density at radius 1 is 0.955 bits per heavy atom. The lowest BCUT2D eigenvalue weighted by Crippen LogP contribution is -2.33. The van der Waals surface area contributed by atoms with Gasteiger partial charge in [-0.2, -0.15) is 0 Å². The maximum atomic E-state index is 12.0. The van der Waals surface area contributed by atoms with E-state index in [2.05, 4.69) is 13.8 Å². The van der Waals surface area contributed by atoms with E-state index in [1.807, 2.05) is 53.5 Å². The molecule has 0 spiro atoms. The van der Waals surface area contributed by atoms with Crippen LogP contribution in [-0.4, -0.2) is 24.4 Å². The highest BCUT2D eigenvalue weighted by Gasteiger charge is 2.36. The number of hydrogen-bond acceptors (Lipinski definition) is 2. The van der Waals surface area contributed by atoms with E-state index < -0.39 is 0 Å². The van der Waals surface area contributed by atoms with Crippen molar-refractivity contribution in [1.29, 1.82) is 0 Å². The number of carbonyl (C=O) groups excluding carboxylic acids is 1. The second-order valence-corrected chi connectivity index (χ2v) is 6.91. The molecule has 0 radical (unpaired) electrons. The molecule has 0 unspecified atom stereocenters. The van der Waals surface area contributed by atoms with Gasteiger partial charge in [-0.3, -0.25) is 4.79 Å². The third-order valence-electron chi connectivity index (χ3n) is 3.73. The van der Waals surface area contributed by atoms with Crippen LogP contribution in [0.2, 0.25) is 0 Å². The van der Waals surface area contributed by atoms with Gasteiger partial charge in [0.2, 0.25) is 0 Å². The number of likely N-dealkylation sites (N-methyl/N-ethyl adjacent to an activating group) is 1. The Morgan fingerprint density at radius 3 is 2.05 bits per heavy atom. The summed E-state index contributed by atoms with van der Waals surface area (Å²) in [5, 5.41) is 0. The number of rotatable bonds is 0. The van der Waals surface area contributed by atoms with Crippen molar-refractivity contribution in [2.75, 3.05) is 13.6 Å². The summed E-state index contributed by atoms with van der Waals surface area (Å²) >= 11 is 1.75. The highest BCUT2D eigenvalue weighted by molar-refractivity contribution is 7.14. The Kier molecular flexibility index (Phi) is 8.99. The number of hydrogen-bond donors (Lipinski definition) is 0. The number of nitrogens with zero attached hydrogens (tertiary/aromatic N) is 1. The van der Waals surface area contributed by atoms with Crippen molar-refractivity contribution in [1.82, 2.24) is 4.90 Å². The zero-order valence-electron chi connectivity index (χ0n) is 16.1. The summed E-state index contributed by atoms with van der Waals surface area (Å²) in [6.45, 7) is 17.5. The van der Waals surface area contributed by atoms with Crippen LogP contribution in [0, 0.1) is 5.41 Å². The van der Waals surface area contributed by atoms with Crippen molar-refractivity contribution in [3.8, 4) is 0 Å². The van der Waals surface area contributed by atoms with Gasteiger partial charge in [0, 0.05) is 18.5 Å². The van der Waals surface area contributed by atoms with E-state index in [1.165, 1.54) is 16.0 Å². The average molecular weight is 326 g/mol. The molecule has 0 saturated carbocycles. The fourth-order valence-corrected chi connectivity index (χ4v) is 4.49. The largest absolute Gasteiger partial charge is 0.341 e. The maximum absolute atomic E-state index is 12.0. The third-order valence-corrected chi connectivity index (χ3v) is 5.00. The number of thiophene rings is 1. The van der Waals surface area contributed by atoms with Gasteiger partial charge in [0.05, 0.1) is 4.88 Å². The van der Waals surface area contributed by atoms with E-state index in [0.717, 1.165) is 30.7 Å². The minimum absolute atomic E-state index is 0.235. The molecule has 2 heterocycles. The molecule has 1 aliphatic carbocycles. The lowest BCUT2D eigenvalue weighted by atomic mass is 9.89. The molecule has 3 heteroatoms. The van der Waals surface area contributed by atoms with Gasteiger partial charge < -0.3 is 4.90 Å². The topological polar surface area (TPSA) is 20.3 Å². The van der Waals surface area contributed by atoms with Crippen LogP contribution in [0.3, 0.4) is 0 Å². The Balaban J connectivity index is 0.000000661. The lowest BCUT2D eigenvalue weighted by Gasteiger charge is -2.24. The van der Waals surface area contributed by atoms with Crippen LogP contribution in [0.1, 0.15) is 81.1 Å². The second-order valence-electron chi connectivity index (χ2n) is 5.81. The first-order valence-corrected chi connectivity index (χ1v) is 9.68. The van der Waals surface area contributed by atoms with E-state index in [-0.39, 0.29) is 5.91 Å². The first-order chi connectivity index (χ1) is 10.5. The van der Waals surface area contributed by atoms with Gasteiger partial charge in [0.25, 0.3) is 5.91 Å². The Bertz CT molecular complexity index is 474. The predicted octanol–water partition coefficient (Wildman–Crippen LogP) is 5.58. The van der Waals surface area contributed by atoms with E-state index in [0.29, 0.717) is 5.41 Å². The molecule has 0 saturated heterocycles. The Hall–Kier alpha value is -0.830. The fraction of sp³-hybridized carbons (Fsp3) is 0.737. The first kappa shape index (κ1) is 21.2. The molecule has 0 atom stereocenters. The van der Waals surface area contributed by atoms with E-state index in [9.17, 15) is 4.79 Å². The zero-order valence-corrected chi connectivity index (χ0v) is 16.9. The van der Waals surface area contributed by atoms with Crippen molar-refractivity contribution in [3.05, 3.63) is 20.9 Å². The predicted molar refractivity (Wildman–Crippen MR) is 100 cm³/mol.